The minimum Gasteiger partial charge on any atom is -0.507 e. The van der Waals surface area contributed by atoms with Gasteiger partial charge in [0, 0.05) is 29.0 Å². The number of rotatable bonds is 4. The minimum absolute atomic E-state index is 0.0845. The predicted octanol–water partition coefficient (Wildman–Crippen LogP) is 3.93. The van der Waals surface area contributed by atoms with Crippen LogP contribution < -0.4 is 15.0 Å². The lowest BCUT2D eigenvalue weighted by atomic mass is 9.94. The highest BCUT2D eigenvalue weighted by Gasteiger charge is 2.21. The van der Waals surface area contributed by atoms with Gasteiger partial charge in [0.05, 0.1) is 31.3 Å². The van der Waals surface area contributed by atoms with Crippen molar-refractivity contribution in [3.05, 3.63) is 57.3 Å². The number of aromatic hydroxyl groups is 1. The van der Waals surface area contributed by atoms with Crippen LogP contribution in [0.4, 0.5) is 0 Å². The molecule has 0 saturated heterocycles. The first-order valence-corrected chi connectivity index (χ1v) is 10.5. The maximum atomic E-state index is 13.2. The van der Waals surface area contributed by atoms with Crippen LogP contribution in [0.5, 0.6) is 17.2 Å². The van der Waals surface area contributed by atoms with E-state index in [9.17, 15) is 9.90 Å². The first-order chi connectivity index (χ1) is 15.5. The normalized spacial score (nSPS) is 13.7. The third kappa shape index (κ3) is 3.10. The van der Waals surface area contributed by atoms with Crippen molar-refractivity contribution in [3.63, 3.8) is 0 Å². The Labute approximate surface area is 183 Å². The molecule has 2 aromatic carbocycles. The van der Waals surface area contributed by atoms with Crippen LogP contribution in [-0.4, -0.2) is 35.2 Å². The molecule has 0 atom stereocenters. The lowest BCUT2D eigenvalue weighted by Gasteiger charge is -2.11. The third-order valence-corrected chi connectivity index (χ3v) is 5.95. The van der Waals surface area contributed by atoms with Crippen LogP contribution >= 0.6 is 0 Å². The molecule has 0 bridgehead atoms. The van der Waals surface area contributed by atoms with E-state index < -0.39 is 0 Å². The van der Waals surface area contributed by atoms with E-state index in [0.717, 1.165) is 42.4 Å². The Hall–Kier alpha value is -3.81. The molecule has 0 fully saturated rings. The first-order valence-electron chi connectivity index (χ1n) is 10.5. The Morgan fingerprint density at radius 1 is 1.16 bits per heavy atom. The van der Waals surface area contributed by atoms with Crippen LogP contribution in [0.3, 0.4) is 0 Å². The lowest BCUT2D eigenvalue weighted by molar-refractivity contribution is 0.355. The lowest BCUT2D eigenvalue weighted by Crippen LogP contribution is -2.20. The zero-order chi connectivity index (χ0) is 22.4. The Balaban J connectivity index is 1.67. The number of phenols is 1. The molecule has 32 heavy (non-hydrogen) atoms. The van der Waals surface area contributed by atoms with Gasteiger partial charge in [-0.1, -0.05) is 0 Å². The van der Waals surface area contributed by atoms with Gasteiger partial charge in [-0.2, -0.15) is 9.78 Å². The summed E-state index contributed by atoms with van der Waals surface area (Å²) in [7, 11) is 3.04. The van der Waals surface area contributed by atoms with Crippen molar-refractivity contribution in [1.29, 1.82) is 0 Å². The van der Waals surface area contributed by atoms with Crippen LogP contribution in [0.25, 0.3) is 21.9 Å². The summed E-state index contributed by atoms with van der Waals surface area (Å²) in [5, 5.41) is 16.2. The number of aromatic nitrogens is 2. The van der Waals surface area contributed by atoms with Gasteiger partial charge in [-0.3, -0.25) is 4.79 Å². The summed E-state index contributed by atoms with van der Waals surface area (Å²) >= 11 is 0. The minimum atomic E-state index is -0.342. The van der Waals surface area contributed by atoms with E-state index in [2.05, 4.69) is 10.1 Å². The molecule has 0 amide bonds. The molecule has 164 valence electrons. The highest BCUT2D eigenvalue weighted by molar-refractivity contribution is 6.03. The largest absolute Gasteiger partial charge is 0.507 e. The molecular formula is C24H23N3O5. The molecule has 0 aliphatic heterocycles. The van der Waals surface area contributed by atoms with Crippen LogP contribution in [0.2, 0.25) is 0 Å². The summed E-state index contributed by atoms with van der Waals surface area (Å²) in [6, 6.07) is 6.62. The highest BCUT2D eigenvalue weighted by atomic mass is 16.5. The fourth-order valence-electron chi connectivity index (χ4n) is 4.37. The third-order valence-electron chi connectivity index (χ3n) is 5.95. The Bertz CT molecular complexity index is 1450. The molecule has 0 saturated carbocycles. The molecule has 1 aliphatic rings. The molecule has 0 spiro atoms. The topological polar surface area (TPSA) is 99.1 Å². The summed E-state index contributed by atoms with van der Waals surface area (Å²) in [5.74, 6) is 2.39. The van der Waals surface area contributed by atoms with E-state index >= 15 is 0 Å². The molecular weight excluding hydrogens is 410 g/mol. The molecule has 8 heteroatoms. The van der Waals surface area contributed by atoms with Crippen molar-refractivity contribution < 1.29 is 19.0 Å². The van der Waals surface area contributed by atoms with Crippen LogP contribution in [0.15, 0.2) is 38.6 Å². The van der Waals surface area contributed by atoms with E-state index in [0.29, 0.717) is 39.4 Å². The van der Waals surface area contributed by atoms with Crippen molar-refractivity contribution in [2.24, 2.45) is 5.10 Å². The zero-order valence-corrected chi connectivity index (χ0v) is 18.1. The molecule has 8 nitrogen and oxygen atoms in total. The second-order valence-corrected chi connectivity index (χ2v) is 7.83. The van der Waals surface area contributed by atoms with E-state index in [4.69, 9.17) is 13.9 Å². The second-order valence-electron chi connectivity index (χ2n) is 7.83. The number of hydrogen-bond donors (Lipinski definition) is 1. The summed E-state index contributed by atoms with van der Waals surface area (Å²) < 4.78 is 17.9. The monoisotopic (exact) mass is 433 g/mol. The zero-order valence-electron chi connectivity index (χ0n) is 18.1. The Morgan fingerprint density at radius 2 is 1.91 bits per heavy atom. The van der Waals surface area contributed by atoms with Crippen LogP contribution in [0.1, 0.15) is 35.6 Å². The van der Waals surface area contributed by atoms with Gasteiger partial charge in [-0.25, -0.2) is 4.98 Å². The van der Waals surface area contributed by atoms with Gasteiger partial charge in [0.2, 0.25) is 0 Å². The Kier molecular flexibility index (Phi) is 4.84. The van der Waals surface area contributed by atoms with E-state index in [1.54, 1.807) is 31.2 Å². The highest BCUT2D eigenvalue weighted by Crippen LogP contribution is 2.36. The molecule has 2 heterocycles. The summed E-state index contributed by atoms with van der Waals surface area (Å²) in [6.07, 6.45) is 5.45. The van der Waals surface area contributed by atoms with E-state index in [-0.39, 0.29) is 11.3 Å². The number of aryl methyl sites for hydroxylation is 3. The quantitative estimate of drug-likeness (QED) is 0.490. The van der Waals surface area contributed by atoms with Gasteiger partial charge < -0.3 is 19.0 Å². The molecule has 1 N–H and O–H groups in total. The molecule has 1 aliphatic carbocycles. The van der Waals surface area contributed by atoms with Crippen molar-refractivity contribution >= 4 is 28.1 Å². The number of phenolic OH excluding ortho intramolecular Hbond substituents is 1. The average molecular weight is 433 g/mol. The second kappa shape index (κ2) is 7.71. The smallest absolute Gasteiger partial charge is 0.282 e. The van der Waals surface area contributed by atoms with E-state index in [1.165, 1.54) is 25.1 Å². The van der Waals surface area contributed by atoms with Gasteiger partial charge in [0.1, 0.15) is 22.9 Å². The van der Waals surface area contributed by atoms with Gasteiger partial charge in [-0.15, -0.1) is 0 Å². The fourth-order valence-corrected chi connectivity index (χ4v) is 4.37. The number of fused-ring (bicyclic) bond motifs is 4. The number of methoxy groups -OCH3 is 2. The SMILES string of the molecule is COc1cc2nc(C)n(/N=C\c3c(O)ccc4oc5c(c34)CCCC5)c(=O)c2cc1OC. The maximum absolute atomic E-state index is 13.2. The number of furan rings is 1. The van der Waals surface area contributed by atoms with Gasteiger partial charge in [-0.05, 0) is 44.4 Å². The average Bonchev–Trinajstić information content (AvgIpc) is 3.18. The van der Waals surface area contributed by atoms with Crippen molar-refractivity contribution in [3.8, 4) is 17.2 Å². The van der Waals surface area contributed by atoms with Crippen molar-refractivity contribution in [2.45, 2.75) is 32.6 Å². The first kappa shape index (κ1) is 20.1. The molecule has 0 radical (unpaired) electrons. The molecule has 5 rings (SSSR count). The van der Waals surface area contributed by atoms with Gasteiger partial charge in [0.15, 0.2) is 11.5 Å². The summed E-state index contributed by atoms with van der Waals surface area (Å²) in [4.78, 5) is 17.7. The predicted molar refractivity (Wildman–Crippen MR) is 121 cm³/mol. The van der Waals surface area contributed by atoms with Crippen molar-refractivity contribution in [2.75, 3.05) is 14.2 Å². The van der Waals surface area contributed by atoms with Gasteiger partial charge >= 0.3 is 0 Å². The Morgan fingerprint density at radius 3 is 2.69 bits per heavy atom. The number of hydrogen-bond acceptors (Lipinski definition) is 7. The van der Waals surface area contributed by atoms with Gasteiger partial charge in [0.25, 0.3) is 5.56 Å². The summed E-state index contributed by atoms with van der Waals surface area (Å²) in [5.41, 5.74) is 2.51. The van der Waals surface area contributed by atoms with Crippen LogP contribution in [-0.2, 0) is 12.8 Å². The van der Waals surface area contributed by atoms with E-state index in [1.807, 2.05) is 0 Å². The standard InChI is InChI=1S/C24H23N3O5/c1-13-26-17-11-22(31-3)21(30-2)10-15(17)24(29)27(13)25-12-16-18(28)8-9-20-23(16)14-6-4-5-7-19(14)32-20/h8-12,28H,4-7H2,1-3H3/b25-12-. The van der Waals surface area contributed by atoms with Crippen molar-refractivity contribution in [1.82, 2.24) is 9.66 Å². The molecule has 2 aromatic heterocycles. The number of benzene rings is 2. The molecule has 4 aromatic rings. The molecule has 0 unspecified atom stereocenters. The van der Waals surface area contributed by atoms with Crippen LogP contribution in [0, 0.1) is 6.92 Å². The summed E-state index contributed by atoms with van der Waals surface area (Å²) in [6.45, 7) is 1.70. The fraction of sp³-hybridized carbons (Fsp3) is 0.292. The number of nitrogens with zero attached hydrogens (tertiary/aromatic N) is 3. The maximum Gasteiger partial charge on any atom is 0.282 e. The number of ether oxygens (including phenoxy) is 2.